The zero-order valence-electron chi connectivity index (χ0n) is 25.6. The van der Waals surface area contributed by atoms with Crippen LogP contribution in [0.15, 0.2) is 108 Å². The van der Waals surface area contributed by atoms with Crippen LogP contribution >= 0.6 is 0 Å². The molecule has 5 aromatic carbocycles. The summed E-state index contributed by atoms with van der Waals surface area (Å²) < 4.78 is 59.7. The molecule has 47 heavy (non-hydrogen) atoms. The maximum Gasteiger partial charge on any atom is 0.319 e. The number of fused-ring (bicyclic) bond motifs is 4. The number of urea groups is 1. The maximum absolute atomic E-state index is 15.4. The van der Waals surface area contributed by atoms with E-state index < -0.39 is 39.6 Å². The molecule has 0 saturated heterocycles. The maximum atomic E-state index is 15.4. The predicted octanol–water partition coefficient (Wildman–Crippen LogP) is 7.46. The smallest absolute Gasteiger partial charge is 0.319 e. The second-order valence-corrected chi connectivity index (χ2v) is 13.8. The number of benzene rings is 5. The number of methoxy groups -OCH3 is 1. The molecule has 1 aliphatic rings. The number of halogens is 2. The number of amides is 2. The zero-order valence-corrected chi connectivity index (χ0v) is 26.4. The summed E-state index contributed by atoms with van der Waals surface area (Å²) in [6.07, 6.45) is 1.62. The largest absolute Gasteiger partial charge is 0.497 e. The van der Waals surface area contributed by atoms with E-state index in [2.05, 4.69) is 10.3 Å². The van der Waals surface area contributed by atoms with Gasteiger partial charge < -0.3 is 19.9 Å². The van der Waals surface area contributed by atoms with Crippen LogP contribution in [-0.4, -0.2) is 44.2 Å². The van der Waals surface area contributed by atoms with Crippen LogP contribution in [0.1, 0.15) is 40.0 Å². The first kappa shape index (κ1) is 30.4. The van der Waals surface area contributed by atoms with Crippen LogP contribution < -0.4 is 10.1 Å². The fourth-order valence-electron chi connectivity index (χ4n) is 6.63. The van der Waals surface area contributed by atoms with Crippen molar-refractivity contribution >= 4 is 37.5 Å². The van der Waals surface area contributed by atoms with E-state index in [4.69, 9.17) is 4.74 Å². The molecule has 0 fully saturated rings. The minimum atomic E-state index is -3.61. The third-order valence-corrected chi connectivity index (χ3v) is 9.98. The highest BCUT2D eigenvalue weighted by atomic mass is 32.2. The van der Waals surface area contributed by atoms with E-state index in [1.807, 2.05) is 60.7 Å². The molecule has 7 rings (SSSR count). The summed E-state index contributed by atoms with van der Waals surface area (Å²) in [5, 5.41) is 5.98. The first-order valence-corrected chi connectivity index (χ1v) is 17.0. The molecule has 0 saturated carbocycles. The molecule has 0 spiro atoms. The van der Waals surface area contributed by atoms with Crippen molar-refractivity contribution in [1.29, 1.82) is 0 Å². The zero-order chi connectivity index (χ0) is 32.9. The summed E-state index contributed by atoms with van der Waals surface area (Å²) in [6.45, 7) is 0.332. The van der Waals surface area contributed by atoms with Crippen molar-refractivity contribution in [3.8, 4) is 5.75 Å². The molecule has 7 nitrogen and oxygen atoms in total. The first-order valence-electron chi connectivity index (χ1n) is 15.1. The monoisotopic (exact) mass is 651 g/mol. The number of hydrogen-bond acceptors (Lipinski definition) is 4. The lowest BCUT2D eigenvalue weighted by molar-refractivity contribution is 0.177. The molecule has 2 atom stereocenters. The standard InChI is InChI=1S/C37H31F2N3O4S/c1-46-25-14-16-33-31(21-25)28-17-18-42(36(35(28)40-33)29-12-6-8-22-7-3-4-11-27(22)29)37(43)41-34(30-15-13-24(38)20-32(30)39)23-9-5-10-26(19-23)47(2,44)45/h3-16,19-21,34,36,40H,17-18H2,1-2H3,(H,41,43). The minimum absolute atomic E-state index is 0.00233. The topological polar surface area (TPSA) is 91.5 Å². The number of aromatic amines is 1. The summed E-state index contributed by atoms with van der Waals surface area (Å²) in [7, 11) is -1.99. The third kappa shape index (κ3) is 5.59. The summed E-state index contributed by atoms with van der Waals surface area (Å²) in [5.74, 6) is -0.908. The van der Waals surface area contributed by atoms with Crippen molar-refractivity contribution in [1.82, 2.24) is 15.2 Å². The lowest BCUT2D eigenvalue weighted by Crippen LogP contribution is -2.47. The molecule has 2 heterocycles. The Hall–Kier alpha value is -5.22. The van der Waals surface area contributed by atoms with Crippen molar-refractivity contribution in [2.45, 2.75) is 23.4 Å². The second-order valence-electron chi connectivity index (χ2n) is 11.7. The molecule has 238 valence electrons. The van der Waals surface area contributed by atoms with Gasteiger partial charge in [0.25, 0.3) is 0 Å². The highest BCUT2D eigenvalue weighted by Gasteiger charge is 2.37. The first-order chi connectivity index (χ1) is 22.6. The van der Waals surface area contributed by atoms with Gasteiger partial charge in [0.15, 0.2) is 9.84 Å². The van der Waals surface area contributed by atoms with E-state index in [1.165, 1.54) is 24.3 Å². The van der Waals surface area contributed by atoms with Crippen LogP contribution in [0.25, 0.3) is 21.7 Å². The van der Waals surface area contributed by atoms with Gasteiger partial charge in [-0.2, -0.15) is 0 Å². The second kappa shape index (κ2) is 11.9. The summed E-state index contributed by atoms with van der Waals surface area (Å²) in [6, 6.07) is 26.7. The molecule has 2 N–H and O–H groups in total. The lowest BCUT2D eigenvalue weighted by atomic mass is 9.89. The van der Waals surface area contributed by atoms with E-state index in [1.54, 1.807) is 18.1 Å². The summed E-state index contributed by atoms with van der Waals surface area (Å²) in [4.78, 5) is 19.8. The van der Waals surface area contributed by atoms with Gasteiger partial charge in [-0.1, -0.05) is 60.7 Å². The molecule has 0 bridgehead atoms. The number of carbonyl (C=O) groups excluding carboxylic acids is 1. The van der Waals surface area contributed by atoms with Crippen LogP contribution in [-0.2, 0) is 16.3 Å². The van der Waals surface area contributed by atoms with Crippen LogP contribution in [0, 0.1) is 11.6 Å². The summed E-state index contributed by atoms with van der Waals surface area (Å²) in [5.41, 5.74) is 4.08. The van der Waals surface area contributed by atoms with Gasteiger partial charge in [0, 0.05) is 41.0 Å². The molecular formula is C37H31F2N3O4S. The molecule has 0 aliphatic carbocycles. The molecule has 10 heteroatoms. The minimum Gasteiger partial charge on any atom is -0.497 e. The molecule has 1 aliphatic heterocycles. The Labute approximate surface area is 270 Å². The number of nitrogens with one attached hydrogen (secondary N) is 2. The van der Waals surface area contributed by atoms with E-state index in [9.17, 15) is 17.6 Å². The van der Waals surface area contributed by atoms with Gasteiger partial charge in [0.2, 0.25) is 0 Å². The number of aromatic nitrogens is 1. The molecule has 1 aromatic heterocycles. The predicted molar refractivity (Wildman–Crippen MR) is 177 cm³/mol. The van der Waals surface area contributed by atoms with Crippen LogP contribution in [0.4, 0.5) is 13.6 Å². The number of rotatable bonds is 6. The Morgan fingerprint density at radius 2 is 1.72 bits per heavy atom. The molecule has 0 radical (unpaired) electrons. The Bertz CT molecular complexity index is 2280. The Kier molecular flexibility index (Phi) is 7.68. The third-order valence-electron chi connectivity index (χ3n) is 8.87. The van der Waals surface area contributed by atoms with Gasteiger partial charge in [-0.15, -0.1) is 0 Å². The highest BCUT2D eigenvalue weighted by molar-refractivity contribution is 7.90. The number of sulfone groups is 1. The van der Waals surface area contributed by atoms with Gasteiger partial charge in [-0.25, -0.2) is 22.0 Å². The quantitative estimate of drug-likeness (QED) is 0.196. The van der Waals surface area contributed by atoms with Crippen molar-refractivity contribution in [3.05, 3.63) is 143 Å². The van der Waals surface area contributed by atoms with Gasteiger partial charge in [0.05, 0.1) is 24.1 Å². The van der Waals surface area contributed by atoms with E-state index in [0.717, 1.165) is 62.6 Å². The number of H-pyrrole nitrogens is 1. The SMILES string of the molecule is COc1ccc2[nH]c3c(c2c1)CCN(C(=O)NC(c1cccc(S(C)(=O)=O)c1)c1ccc(F)cc1F)C3c1cccc2ccccc12. The van der Waals surface area contributed by atoms with Crippen LogP contribution in [0.3, 0.4) is 0 Å². The van der Waals surface area contributed by atoms with E-state index >= 15 is 4.39 Å². The average Bonchev–Trinajstić information content (AvgIpc) is 3.44. The normalized spacial score (nSPS) is 15.4. The molecule has 6 aromatic rings. The van der Waals surface area contributed by atoms with Gasteiger partial charge >= 0.3 is 6.03 Å². The van der Waals surface area contributed by atoms with Gasteiger partial charge in [-0.3, -0.25) is 0 Å². The Morgan fingerprint density at radius 3 is 2.51 bits per heavy atom. The lowest BCUT2D eigenvalue weighted by Gasteiger charge is -2.38. The highest BCUT2D eigenvalue weighted by Crippen LogP contribution is 2.42. The number of nitrogens with zero attached hydrogens (tertiary/aromatic N) is 1. The molecule has 2 amide bonds. The fraction of sp³-hybridized carbons (Fsp3) is 0.162. The number of carbonyl (C=O) groups is 1. The van der Waals surface area contributed by atoms with Gasteiger partial charge in [-0.05, 0) is 70.3 Å². The van der Waals surface area contributed by atoms with Crippen LogP contribution in [0.5, 0.6) is 5.75 Å². The fourth-order valence-corrected chi connectivity index (χ4v) is 7.31. The Morgan fingerprint density at radius 1 is 0.936 bits per heavy atom. The van der Waals surface area contributed by atoms with Crippen molar-refractivity contribution in [2.75, 3.05) is 19.9 Å². The number of hydrogen-bond donors (Lipinski definition) is 2. The Balaban J connectivity index is 1.37. The number of ether oxygens (including phenoxy) is 1. The van der Waals surface area contributed by atoms with Crippen molar-refractivity contribution < 1.29 is 26.7 Å². The van der Waals surface area contributed by atoms with E-state index in [-0.39, 0.29) is 10.5 Å². The average molecular weight is 652 g/mol. The van der Waals surface area contributed by atoms with Crippen LogP contribution in [0.2, 0.25) is 0 Å². The van der Waals surface area contributed by atoms with Crippen molar-refractivity contribution in [2.24, 2.45) is 0 Å². The molecule has 2 unspecified atom stereocenters. The summed E-state index contributed by atoms with van der Waals surface area (Å²) >= 11 is 0. The molecular weight excluding hydrogens is 620 g/mol. The van der Waals surface area contributed by atoms with E-state index in [0.29, 0.717) is 18.5 Å². The van der Waals surface area contributed by atoms with Gasteiger partial charge in [0.1, 0.15) is 17.4 Å². The van der Waals surface area contributed by atoms with Crippen molar-refractivity contribution in [3.63, 3.8) is 0 Å².